The van der Waals surface area contributed by atoms with Crippen LogP contribution >= 0.6 is 0 Å². The highest BCUT2D eigenvalue weighted by molar-refractivity contribution is 6.06. The van der Waals surface area contributed by atoms with Gasteiger partial charge in [0.2, 0.25) is 0 Å². The SMILES string of the molecule is COc1cccc(N(C(=O)c2ccc(F)cc2)C2CCN(Cc3ccc([N+](=O)[O-])cc3)CC2)c1. The smallest absolute Gasteiger partial charge is 0.269 e. The Morgan fingerprint density at radius 2 is 1.76 bits per heavy atom. The minimum atomic E-state index is -0.402. The Kier molecular flexibility index (Phi) is 7.18. The molecule has 0 aliphatic carbocycles. The Bertz CT molecular complexity index is 1140. The van der Waals surface area contributed by atoms with Crippen LogP contribution in [0.5, 0.6) is 5.75 Å². The average Bonchev–Trinajstić information content (AvgIpc) is 2.86. The Hall–Kier alpha value is -3.78. The number of methoxy groups -OCH3 is 1. The van der Waals surface area contributed by atoms with Gasteiger partial charge in [0, 0.05) is 55.1 Å². The molecule has 3 aromatic rings. The number of anilines is 1. The van der Waals surface area contributed by atoms with Crippen molar-refractivity contribution in [3.05, 3.63) is 99.9 Å². The summed E-state index contributed by atoms with van der Waals surface area (Å²) < 4.78 is 18.8. The van der Waals surface area contributed by atoms with Crippen molar-refractivity contribution in [2.45, 2.75) is 25.4 Å². The summed E-state index contributed by atoms with van der Waals surface area (Å²) in [5.41, 5.74) is 2.26. The standard InChI is InChI=1S/C26H26FN3O4/c1-34-25-4-2-3-24(17-25)29(26(31)20-7-9-21(27)10-8-20)22-13-15-28(16-14-22)18-19-5-11-23(12-6-19)30(32)33/h2-12,17,22H,13-16,18H2,1H3. The maximum Gasteiger partial charge on any atom is 0.269 e. The quantitative estimate of drug-likeness (QED) is 0.362. The molecule has 1 amide bonds. The average molecular weight is 464 g/mol. The highest BCUT2D eigenvalue weighted by Gasteiger charge is 2.30. The number of nitro benzene ring substituents is 1. The van der Waals surface area contributed by atoms with Crippen LogP contribution in [0.15, 0.2) is 72.8 Å². The number of rotatable bonds is 7. The van der Waals surface area contributed by atoms with Crippen LogP contribution in [-0.2, 0) is 6.54 Å². The minimum Gasteiger partial charge on any atom is -0.497 e. The highest BCUT2D eigenvalue weighted by Crippen LogP contribution is 2.29. The third-order valence-corrected chi connectivity index (χ3v) is 6.12. The van der Waals surface area contributed by atoms with E-state index in [1.54, 1.807) is 24.1 Å². The zero-order chi connectivity index (χ0) is 24.1. The first-order valence-corrected chi connectivity index (χ1v) is 11.1. The lowest BCUT2D eigenvalue weighted by atomic mass is 10.00. The molecule has 0 radical (unpaired) electrons. The van der Waals surface area contributed by atoms with Crippen LogP contribution in [0.1, 0.15) is 28.8 Å². The maximum atomic E-state index is 13.5. The van der Waals surface area contributed by atoms with Crippen molar-refractivity contribution < 1.29 is 18.8 Å². The third-order valence-electron chi connectivity index (χ3n) is 6.12. The fraction of sp³-hybridized carbons (Fsp3) is 0.269. The first-order valence-electron chi connectivity index (χ1n) is 11.1. The molecule has 0 bridgehead atoms. The lowest BCUT2D eigenvalue weighted by Gasteiger charge is -2.38. The van der Waals surface area contributed by atoms with E-state index < -0.39 is 4.92 Å². The summed E-state index contributed by atoms with van der Waals surface area (Å²) in [4.78, 5) is 28.0. The van der Waals surface area contributed by atoms with Gasteiger partial charge in [-0.05, 0) is 54.8 Å². The molecular formula is C26H26FN3O4. The molecule has 3 aromatic carbocycles. The fourth-order valence-corrected chi connectivity index (χ4v) is 4.30. The van der Waals surface area contributed by atoms with E-state index in [1.165, 1.54) is 36.4 Å². The monoisotopic (exact) mass is 463 g/mol. The van der Waals surface area contributed by atoms with Crippen molar-refractivity contribution in [1.29, 1.82) is 0 Å². The molecule has 34 heavy (non-hydrogen) atoms. The first-order chi connectivity index (χ1) is 16.4. The summed E-state index contributed by atoms with van der Waals surface area (Å²) in [6.07, 6.45) is 1.52. The minimum absolute atomic E-state index is 0.0298. The molecule has 8 heteroatoms. The molecule has 1 heterocycles. The van der Waals surface area contributed by atoms with Gasteiger partial charge in [-0.25, -0.2) is 4.39 Å². The Labute approximate surface area is 197 Å². The van der Waals surface area contributed by atoms with Gasteiger partial charge in [-0.15, -0.1) is 0 Å². The molecule has 7 nitrogen and oxygen atoms in total. The Morgan fingerprint density at radius 1 is 1.09 bits per heavy atom. The Balaban J connectivity index is 1.50. The van der Waals surface area contributed by atoms with E-state index in [0.29, 0.717) is 17.9 Å². The lowest BCUT2D eigenvalue weighted by molar-refractivity contribution is -0.384. The zero-order valence-corrected chi connectivity index (χ0v) is 18.9. The number of likely N-dealkylation sites (tertiary alicyclic amines) is 1. The van der Waals surface area contributed by atoms with Gasteiger partial charge >= 0.3 is 0 Å². The first kappa shape index (κ1) is 23.4. The number of halogens is 1. The lowest BCUT2D eigenvalue weighted by Crippen LogP contribution is -2.47. The molecule has 1 saturated heterocycles. The second kappa shape index (κ2) is 10.4. The number of hydrogen-bond acceptors (Lipinski definition) is 5. The van der Waals surface area contributed by atoms with Crippen LogP contribution in [0.3, 0.4) is 0 Å². The number of non-ortho nitro benzene ring substituents is 1. The molecule has 0 N–H and O–H groups in total. The molecule has 1 fully saturated rings. The highest BCUT2D eigenvalue weighted by atomic mass is 19.1. The molecule has 0 saturated carbocycles. The predicted molar refractivity (Wildman–Crippen MR) is 128 cm³/mol. The van der Waals surface area contributed by atoms with Gasteiger partial charge in [-0.2, -0.15) is 0 Å². The number of nitro groups is 1. The number of carbonyl (C=O) groups is 1. The largest absolute Gasteiger partial charge is 0.497 e. The number of hydrogen-bond donors (Lipinski definition) is 0. The molecule has 176 valence electrons. The van der Waals surface area contributed by atoms with E-state index >= 15 is 0 Å². The van der Waals surface area contributed by atoms with E-state index in [9.17, 15) is 19.3 Å². The molecule has 1 aliphatic rings. The van der Waals surface area contributed by atoms with Gasteiger partial charge in [0.25, 0.3) is 11.6 Å². The molecule has 4 rings (SSSR count). The maximum absolute atomic E-state index is 13.5. The molecule has 0 spiro atoms. The fourth-order valence-electron chi connectivity index (χ4n) is 4.30. The van der Waals surface area contributed by atoms with Crippen LogP contribution < -0.4 is 9.64 Å². The Morgan fingerprint density at radius 3 is 2.38 bits per heavy atom. The number of nitrogens with zero attached hydrogens (tertiary/aromatic N) is 3. The van der Waals surface area contributed by atoms with E-state index in [2.05, 4.69) is 4.90 Å². The molecule has 1 aliphatic heterocycles. The number of ether oxygens (including phenoxy) is 1. The van der Waals surface area contributed by atoms with Crippen LogP contribution in [0.4, 0.5) is 15.8 Å². The van der Waals surface area contributed by atoms with Gasteiger partial charge in [0.1, 0.15) is 11.6 Å². The number of benzene rings is 3. The number of carbonyl (C=O) groups excluding carboxylic acids is 1. The van der Waals surface area contributed by atoms with Crippen molar-refractivity contribution in [2.75, 3.05) is 25.1 Å². The van der Waals surface area contributed by atoms with Gasteiger partial charge < -0.3 is 9.64 Å². The van der Waals surface area contributed by atoms with Crippen molar-refractivity contribution in [3.63, 3.8) is 0 Å². The second-order valence-electron chi connectivity index (χ2n) is 8.31. The molecular weight excluding hydrogens is 437 g/mol. The zero-order valence-electron chi connectivity index (χ0n) is 18.9. The predicted octanol–water partition coefficient (Wildman–Crippen LogP) is 5.05. The number of piperidine rings is 1. The van der Waals surface area contributed by atoms with E-state index in [-0.39, 0.29) is 23.5 Å². The summed E-state index contributed by atoms with van der Waals surface area (Å²) in [7, 11) is 1.59. The van der Waals surface area contributed by atoms with E-state index in [4.69, 9.17) is 4.74 Å². The van der Waals surface area contributed by atoms with Gasteiger partial charge in [-0.1, -0.05) is 18.2 Å². The summed E-state index contributed by atoms with van der Waals surface area (Å²) >= 11 is 0. The van der Waals surface area contributed by atoms with Crippen molar-refractivity contribution >= 4 is 17.3 Å². The van der Waals surface area contributed by atoms with Crippen LogP contribution in [-0.4, -0.2) is 42.0 Å². The van der Waals surface area contributed by atoms with E-state index in [1.807, 2.05) is 24.3 Å². The van der Waals surface area contributed by atoms with Crippen molar-refractivity contribution in [3.8, 4) is 5.75 Å². The van der Waals surface area contributed by atoms with E-state index in [0.717, 1.165) is 37.2 Å². The second-order valence-corrected chi connectivity index (χ2v) is 8.31. The molecule has 0 atom stereocenters. The van der Waals surface area contributed by atoms with Gasteiger partial charge in [-0.3, -0.25) is 19.8 Å². The van der Waals surface area contributed by atoms with Crippen LogP contribution in [0.2, 0.25) is 0 Å². The third kappa shape index (κ3) is 5.40. The van der Waals surface area contributed by atoms with Gasteiger partial charge in [0.05, 0.1) is 12.0 Å². The van der Waals surface area contributed by atoms with Gasteiger partial charge in [0.15, 0.2) is 0 Å². The molecule has 0 aromatic heterocycles. The number of amides is 1. The summed E-state index contributed by atoms with van der Waals surface area (Å²) in [5, 5.41) is 10.9. The summed E-state index contributed by atoms with van der Waals surface area (Å²) in [6, 6.07) is 19.6. The normalized spacial score (nSPS) is 14.5. The van der Waals surface area contributed by atoms with Crippen LogP contribution in [0, 0.1) is 15.9 Å². The summed E-state index contributed by atoms with van der Waals surface area (Å²) in [6.45, 7) is 2.24. The topological polar surface area (TPSA) is 75.9 Å². The van der Waals surface area contributed by atoms with Crippen LogP contribution in [0.25, 0.3) is 0 Å². The van der Waals surface area contributed by atoms with Crippen molar-refractivity contribution in [1.82, 2.24) is 4.90 Å². The van der Waals surface area contributed by atoms with Crippen molar-refractivity contribution in [2.24, 2.45) is 0 Å². The molecule has 0 unspecified atom stereocenters. The summed E-state index contributed by atoms with van der Waals surface area (Å²) in [5.74, 6) is 0.0936.